The van der Waals surface area contributed by atoms with Crippen molar-refractivity contribution < 1.29 is 26.3 Å². The minimum atomic E-state index is -4.79. The zero-order valence-electron chi connectivity index (χ0n) is 10.1. The summed E-state index contributed by atoms with van der Waals surface area (Å²) >= 11 is 0. The van der Waals surface area contributed by atoms with E-state index in [1.54, 1.807) is 0 Å². The molecule has 1 aromatic carbocycles. The maximum atomic E-state index is 12.6. The lowest BCUT2D eigenvalue weighted by Crippen LogP contribution is -2.14. The third-order valence-corrected chi connectivity index (χ3v) is 2.65. The smallest absolute Gasteiger partial charge is 0.351 e. The Labute approximate surface area is 114 Å². The van der Waals surface area contributed by atoms with Gasteiger partial charge in [0.15, 0.2) is 5.43 Å². The number of benzene rings is 1. The average Bonchev–Trinajstić information content (AvgIpc) is 2.36. The predicted octanol–water partition coefficient (Wildman–Crippen LogP) is 4.08. The van der Waals surface area contributed by atoms with E-state index < -0.39 is 29.0 Å². The molecule has 2 nitrogen and oxygen atoms in total. The van der Waals surface area contributed by atoms with Gasteiger partial charge in [0, 0.05) is 17.8 Å². The first-order valence-corrected chi connectivity index (χ1v) is 5.56. The van der Waals surface area contributed by atoms with Crippen LogP contribution in [0.4, 0.5) is 26.3 Å². The fourth-order valence-corrected chi connectivity index (χ4v) is 1.71. The molecule has 0 spiro atoms. The van der Waals surface area contributed by atoms with Crippen LogP contribution in [0.5, 0.6) is 0 Å². The van der Waals surface area contributed by atoms with E-state index in [9.17, 15) is 31.1 Å². The molecule has 8 heteroatoms. The van der Waals surface area contributed by atoms with Crippen molar-refractivity contribution in [2.45, 2.75) is 12.4 Å². The summed E-state index contributed by atoms with van der Waals surface area (Å²) in [6.45, 7) is 0. The van der Waals surface area contributed by atoms with Crippen molar-refractivity contribution in [3.05, 3.63) is 57.9 Å². The molecule has 1 heterocycles. The first-order chi connectivity index (χ1) is 9.57. The van der Waals surface area contributed by atoms with Crippen LogP contribution in [0.1, 0.15) is 11.3 Å². The number of rotatable bonds is 1. The summed E-state index contributed by atoms with van der Waals surface area (Å²) < 4.78 is 75.5. The highest BCUT2D eigenvalue weighted by molar-refractivity contribution is 5.60. The monoisotopic (exact) mass is 307 g/mol. The normalized spacial score (nSPS) is 12.5. The van der Waals surface area contributed by atoms with Crippen molar-refractivity contribution in [2.75, 3.05) is 0 Å². The van der Waals surface area contributed by atoms with Gasteiger partial charge in [0.2, 0.25) is 0 Å². The van der Waals surface area contributed by atoms with E-state index in [2.05, 4.69) is 0 Å². The predicted molar refractivity (Wildman–Crippen MR) is 62.5 cm³/mol. The maximum Gasteiger partial charge on any atom is 0.431 e. The van der Waals surface area contributed by atoms with E-state index in [4.69, 9.17) is 0 Å². The van der Waals surface area contributed by atoms with E-state index in [1.165, 1.54) is 6.07 Å². The summed E-state index contributed by atoms with van der Waals surface area (Å²) in [4.78, 5) is 13.2. The van der Waals surface area contributed by atoms with Crippen LogP contribution in [0.15, 0.2) is 41.2 Å². The van der Waals surface area contributed by atoms with Gasteiger partial charge in [-0.3, -0.25) is 4.79 Å². The molecule has 0 saturated carbocycles. The van der Waals surface area contributed by atoms with Gasteiger partial charge in [-0.1, -0.05) is 12.1 Å². The standard InChI is InChI=1S/C13H7F6NO/c14-12(15,16)8-3-1-2-7(4-8)10-5-9(21)6-11(20-10)13(17,18)19/h1-6H,(H,20,21). The maximum absolute atomic E-state index is 12.6. The minimum Gasteiger partial charge on any atom is -0.351 e. The van der Waals surface area contributed by atoms with Crippen LogP contribution in [0, 0.1) is 0 Å². The van der Waals surface area contributed by atoms with E-state index in [1.807, 2.05) is 4.98 Å². The number of pyridine rings is 1. The number of nitrogens with one attached hydrogen (secondary N) is 1. The van der Waals surface area contributed by atoms with Gasteiger partial charge in [-0.25, -0.2) is 0 Å². The van der Waals surface area contributed by atoms with Gasteiger partial charge in [-0.05, 0) is 17.7 Å². The second-order valence-corrected chi connectivity index (χ2v) is 4.22. The molecule has 0 aliphatic carbocycles. The van der Waals surface area contributed by atoms with Gasteiger partial charge >= 0.3 is 12.4 Å². The molecule has 1 aromatic heterocycles. The Bertz CT molecular complexity index is 714. The SMILES string of the molecule is O=c1cc(-c2cccc(C(F)(F)F)c2)[nH]c(C(F)(F)F)c1. The minimum absolute atomic E-state index is 0.159. The highest BCUT2D eigenvalue weighted by atomic mass is 19.4. The number of hydrogen-bond donors (Lipinski definition) is 1. The van der Waals surface area contributed by atoms with Crippen molar-refractivity contribution in [3.8, 4) is 11.3 Å². The summed E-state index contributed by atoms with van der Waals surface area (Å²) in [5, 5.41) is 0. The lowest BCUT2D eigenvalue weighted by Gasteiger charge is -2.11. The Morgan fingerprint density at radius 1 is 0.857 bits per heavy atom. The second-order valence-electron chi connectivity index (χ2n) is 4.22. The van der Waals surface area contributed by atoms with Crippen molar-refractivity contribution >= 4 is 0 Å². The van der Waals surface area contributed by atoms with Crippen LogP contribution in [-0.4, -0.2) is 4.98 Å². The van der Waals surface area contributed by atoms with Crippen LogP contribution in [-0.2, 0) is 12.4 Å². The summed E-state index contributed by atoms with van der Waals surface area (Å²) in [6.07, 6.45) is -9.42. The van der Waals surface area contributed by atoms with Crippen LogP contribution < -0.4 is 5.43 Å². The molecule has 1 N–H and O–H groups in total. The Kier molecular flexibility index (Phi) is 3.56. The first kappa shape index (κ1) is 15.1. The molecule has 0 radical (unpaired) electrons. The van der Waals surface area contributed by atoms with Gasteiger partial charge in [-0.15, -0.1) is 0 Å². The summed E-state index contributed by atoms with van der Waals surface area (Å²) in [5.74, 6) is 0. The number of aromatic amines is 1. The number of hydrogen-bond acceptors (Lipinski definition) is 1. The van der Waals surface area contributed by atoms with Gasteiger partial charge in [0.05, 0.1) is 5.56 Å². The molecule has 0 aliphatic heterocycles. The molecule has 0 saturated heterocycles. The molecular weight excluding hydrogens is 300 g/mol. The van der Waals surface area contributed by atoms with E-state index in [0.717, 1.165) is 18.2 Å². The molecule has 0 fully saturated rings. The summed E-state index contributed by atoms with van der Waals surface area (Å²) in [6, 6.07) is 4.85. The number of alkyl halides is 6. The number of aromatic nitrogens is 1. The number of halogens is 6. The molecule has 0 unspecified atom stereocenters. The van der Waals surface area contributed by atoms with Gasteiger partial charge in [0.25, 0.3) is 0 Å². The van der Waals surface area contributed by atoms with Crippen molar-refractivity contribution in [1.29, 1.82) is 0 Å². The lowest BCUT2D eigenvalue weighted by atomic mass is 10.1. The Hall–Kier alpha value is -2.25. The van der Waals surface area contributed by atoms with E-state index in [-0.39, 0.29) is 11.3 Å². The van der Waals surface area contributed by atoms with Crippen molar-refractivity contribution in [3.63, 3.8) is 0 Å². The molecule has 21 heavy (non-hydrogen) atoms. The zero-order chi connectivity index (χ0) is 15.8. The fraction of sp³-hybridized carbons (Fsp3) is 0.154. The second kappa shape index (κ2) is 4.94. The van der Waals surface area contributed by atoms with Crippen molar-refractivity contribution in [2.24, 2.45) is 0 Å². The third-order valence-electron chi connectivity index (χ3n) is 2.65. The molecule has 0 bridgehead atoms. The molecule has 0 aliphatic rings. The molecular formula is C13H7F6NO. The fourth-order valence-electron chi connectivity index (χ4n) is 1.71. The Morgan fingerprint density at radius 2 is 1.52 bits per heavy atom. The molecule has 2 rings (SSSR count). The van der Waals surface area contributed by atoms with Crippen molar-refractivity contribution in [1.82, 2.24) is 4.98 Å². The number of H-pyrrole nitrogens is 1. The Balaban J connectivity index is 2.58. The van der Waals surface area contributed by atoms with Crippen LogP contribution in [0.2, 0.25) is 0 Å². The summed E-state index contributed by atoms with van der Waals surface area (Å²) in [7, 11) is 0. The Morgan fingerprint density at radius 3 is 2.10 bits per heavy atom. The first-order valence-electron chi connectivity index (χ1n) is 5.56. The lowest BCUT2D eigenvalue weighted by molar-refractivity contribution is -0.141. The zero-order valence-corrected chi connectivity index (χ0v) is 10.1. The molecule has 0 atom stereocenters. The van der Waals surface area contributed by atoms with E-state index >= 15 is 0 Å². The topological polar surface area (TPSA) is 32.9 Å². The van der Waals surface area contributed by atoms with E-state index in [0.29, 0.717) is 12.1 Å². The van der Waals surface area contributed by atoms with Crippen LogP contribution >= 0.6 is 0 Å². The quantitative estimate of drug-likeness (QED) is 0.791. The largest absolute Gasteiger partial charge is 0.431 e. The van der Waals surface area contributed by atoms with Crippen LogP contribution in [0.3, 0.4) is 0 Å². The highest BCUT2D eigenvalue weighted by Gasteiger charge is 2.33. The molecule has 0 amide bonds. The molecule has 112 valence electrons. The van der Waals surface area contributed by atoms with Crippen LogP contribution in [0.25, 0.3) is 11.3 Å². The molecule has 2 aromatic rings. The van der Waals surface area contributed by atoms with Gasteiger partial charge < -0.3 is 4.98 Å². The third kappa shape index (κ3) is 3.45. The summed E-state index contributed by atoms with van der Waals surface area (Å²) in [5.41, 5.74) is -3.77. The average molecular weight is 307 g/mol. The highest BCUT2D eigenvalue weighted by Crippen LogP contribution is 2.32. The van der Waals surface area contributed by atoms with Gasteiger partial charge in [-0.2, -0.15) is 26.3 Å². The van der Waals surface area contributed by atoms with Gasteiger partial charge in [0.1, 0.15) is 5.69 Å².